The van der Waals surface area contributed by atoms with Gasteiger partial charge in [0.05, 0.1) is 0 Å². The van der Waals surface area contributed by atoms with Gasteiger partial charge in [-0.25, -0.2) is 0 Å². The van der Waals surface area contributed by atoms with Crippen molar-refractivity contribution in [2.24, 2.45) is 0 Å². The van der Waals surface area contributed by atoms with Crippen LogP contribution in [-0.4, -0.2) is 12.1 Å². The molecule has 0 atom stereocenters. The van der Waals surface area contributed by atoms with Crippen molar-refractivity contribution in [3.8, 4) is 0 Å². The fourth-order valence-corrected chi connectivity index (χ4v) is 0.333. The second kappa shape index (κ2) is 17.1. The summed E-state index contributed by atoms with van der Waals surface area (Å²) in [6.45, 7) is 16.4. The van der Waals surface area contributed by atoms with Crippen LogP contribution in [0.3, 0.4) is 0 Å². The van der Waals surface area contributed by atoms with Gasteiger partial charge in [0.25, 0.3) is 0 Å². The van der Waals surface area contributed by atoms with Gasteiger partial charge < -0.3 is 0 Å². The number of hydrogen-bond acceptors (Lipinski definition) is 2. The quantitative estimate of drug-likeness (QED) is 0.646. The summed E-state index contributed by atoms with van der Waals surface area (Å²) in [5, 5.41) is 0. The summed E-state index contributed by atoms with van der Waals surface area (Å²) >= 11 is 0. The van der Waals surface area contributed by atoms with E-state index in [0.717, 1.165) is 0 Å². The van der Waals surface area contributed by atoms with Crippen molar-refractivity contribution in [1.29, 1.82) is 0 Å². The number of hydrazine groups is 1. The van der Waals surface area contributed by atoms with Crippen molar-refractivity contribution < 1.29 is 0 Å². The fourth-order valence-electron chi connectivity index (χ4n) is 0.333. The van der Waals surface area contributed by atoms with E-state index in [1.165, 1.54) is 0 Å². The molecule has 0 bridgehead atoms. The van der Waals surface area contributed by atoms with Crippen LogP contribution in [0.4, 0.5) is 0 Å². The molecule has 0 saturated heterocycles. The Morgan fingerprint density at radius 1 is 0.583 bits per heavy atom. The minimum absolute atomic E-state index is 0.525. The largest absolute Gasteiger partial charge is 0.255 e. The lowest BCUT2D eigenvalue weighted by molar-refractivity contribution is 0.428. The molecule has 78 valence electrons. The van der Waals surface area contributed by atoms with Gasteiger partial charge in [-0.3, -0.25) is 10.9 Å². The predicted octanol–water partition coefficient (Wildman–Crippen LogP) is 2.95. The third kappa shape index (κ3) is 32.6. The van der Waals surface area contributed by atoms with Gasteiger partial charge in [0.2, 0.25) is 0 Å². The van der Waals surface area contributed by atoms with Crippen LogP contribution < -0.4 is 10.9 Å². The summed E-state index contributed by atoms with van der Waals surface area (Å²) < 4.78 is 0. The topological polar surface area (TPSA) is 24.1 Å². The number of rotatable bonds is 3. The highest BCUT2D eigenvalue weighted by molar-refractivity contribution is 4.50. The van der Waals surface area contributed by atoms with E-state index in [1.54, 1.807) is 0 Å². The maximum Gasteiger partial charge on any atom is 0.0156 e. The third-order valence-electron chi connectivity index (χ3n) is 0.661. The molecule has 0 radical (unpaired) electrons. The minimum atomic E-state index is 0.525. The van der Waals surface area contributed by atoms with Crippen molar-refractivity contribution in [3.63, 3.8) is 0 Å². The summed E-state index contributed by atoms with van der Waals surface area (Å²) in [6.07, 6.45) is 0. The van der Waals surface area contributed by atoms with Gasteiger partial charge >= 0.3 is 0 Å². The van der Waals surface area contributed by atoms with Gasteiger partial charge in [0.15, 0.2) is 0 Å². The van der Waals surface area contributed by atoms with E-state index in [4.69, 9.17) is 0 Å². The Morgan fingerprint density at radius 3 is 0.833 bits per heavy atom. The molecule has 0 aliphatic heterocycles. The van der Waals surface area contributed by atoms with Gasteiger partial charge in [-0.15, -0.1) is 0 Å². The highest BCUT2D eigenvalue weighted by Gasteiger charge is 1.91. The third-order valence-corrected chi connectivity index (χ3v) is 0.661. The molecular formula is C10H28N2. The van der Waals surface area contributed by atoms with Gasteiger partial charge in [-0.2, -0.15) is 0 Å². The molecule has 0 aromatic heterocycles. The Balaban J connectivity index is -0.000000175. The van der Waals surface area contributed by atoms with Crippen LogP contribution in [0.15, 0.2) is 0 Å². The Hall–Kier alpha value is -0.0800. The average Bonchev–Trinajstić information content (AvgIpc) is 2.08. The summed E-state index contributed by atoms with van der Waals surface area (Å²) in [4.78, 5) is 0. The minimum Gasteiger partial charge on any atom is -0.255 e. The molecule has 0 aliphatic carbocycles. The van der Waals surface area contributed by atoms with E-state index < -0.39 is 0 Å². The molecule has 2 heteroatoms. The van der Waals surface area contributed by atoms with Crippen LogP contribution in [0.25, 0.3) is 0 Å². The van der Waals surface area contributed by atoms with Crippen molar-refractivity contribution >= 4 is 0 Å². The molecule has 2 nitrogen and oxygen atoms in total. The first-order chi connectivity index (χ1) is 5.63. The number of hydrogen-bond donors (Lipinski definition) is 2. The zero-order valence-electron chi connectivity index (χ0n) is 10.2. The predicted molar refractivity (Wildman–Crippen MR) is 59.2 cm³/mol. The van der Waals surface area contributed by atoms with Gasteiger partial charge in [-0.05, 0) is 27.7 Å². The first kappa shape index (κ1) is 17.9. The second-order valence-electron chi connectivity index (χ2n) is 2.60. The molecule has 12 heavy (non-hydrogen) atoms. The van der Waals surface area contributed by atoms with Crippen molar-refractivity contribution in [3.05, 3.63) is 0 Å². The van der Waals surface area contributed by atoms with Crippen LogP contribution in [0.2, 0.25) is 0 Å². The van der Waals surface area contributed by atoms with E-state index in [-0.39, 0.29) is 0 Å². The van der Waals surface area contributed by atoms with Crippen molar-refractivity contribution in [2.45, 2.75) is 67.5 Å². The lowest BCUT2D eigenvalue weighted by atomic mass is 10.4. The molecule has 0 spiro atoms. The highest BCUT2D eigenvalue weighted by atomic mass is 15.4. The molecule has 0 aromatic rings. The Labute approximate surface area is 79.1 Å². The zero-order valence-corrected chi connectivity index (χ0v) is 10.2. The molecule has 2 N–H and O–H groups in total. The van der Waals surface area contributed by atoms with Gasteiger partial charge in [-0.1, -0.05) is 27.7 Å². The Bertz CT molecular complexity index is 43.8. The smallest absolute Gasteiger partial charge is 0.0156 e. The fraction of sp³-hybridized carbons (Fsp3) is 1.00. The molecule has 0 saturated carbocycles. The number of nitrogens with one attached hydrogen (secondary N) is 2. The van der Waals surface area contributed by atoms with Crippen LogP contribution in [0, 0.1) is 0 Å². The van der Waals surface area contributed by atoms with Crippen LogP contribution in [-0.2, 0) is 0 Å². The van der Waals surface area contributed by atoms with E-state index >= 15 is 0 Å². The Kier molecular flexibility index (Phi) is 25.5. The SMILES string of the molecule is CC.CC.CC(C)NNC(C)C. The van der Waals surface area contributed by atoms with E-state index in [9.17, 15) is 0 Å². The molecule has 0 aromatic carbocycles. The van der Waals surface area contributed by atoms with Crippen LogP contribution >= 0.6 is 0 Å². The average molecular weight is 176 g/mol. The van der Waals surface area contributed by atoms with Gasteiger partial charge in [0, 0.05) is 12.1 Å². The van der Waals surface area contributed by atoms with Crippen molar-refractivity contribution in [2.75, 3.05) is 0 Å². The second-order valence-corrected chi connectivity index (χ2v) is 2.60. The summed E-state index contributed by atoms with van der Waals surface area (Å²) in [5.74, 6) is 0. The van der Waals surface area contributed by atoms with Crippen molar-refractivity contribution in [1.82, 2.24) is 10.9 Å². The molecule has 0 aliphatic rings. The normalized spacial score (nSPS) is 8.50. The lowest BCUT2D eigenvalue weighted by Crippen LogP contribution is -2.41. The Morgan fingerprint density at radius 2 is 0.750 bits per heavy atom. The maximum atomic E-state index is 3.09. The highest BCUT2D eigenvalue weighted by Crippen LogP contribution is 1.74. The van der Waals surface area contributed by atoms with Gasteiger partial charge in [0.1, 0.15) is 0 Å². The zero-order chi connectivity index (χ0) is 10.6. The first-order valence-corrected chi connectivity index (χ1v) is 5.14. The molecule has 0 rings (SSSR count). The maximum absolute atomic E-state index is 3.09. The van der Waals surface area contributed by atoms with Crippen LogP contribution in [0.5, 0.6) is 0 Å². The summed E-state index contributed by atoms with van der Waals surface area (Å²) in [6, 6.07) is 1.05. The lowest BCUT2D eigenvalue weighted by Gasteiger charge is -2.11. The molecular weight excluding hydrogens is 148 g/mol. The standard InChI is InChI=1S/C6H16N2.2C2H6/c1-5(2)7-8-6(3)4;2*1-2/h5-8H,1-4H3;2*1-2H3. The molecule has 0 heterocycles. The van der Waals surface area contributed by atoms with E-state index in [1.807, 2.05) is 27.7 Å². The van der Waals surface area contributed by atoms with E-state index in [2.05, 4.69) is 38.5 Å². The molecule has 0 unspecified atom stereocenters. The monoisotopic (exact) mass is 176 g/mol. The first-order valence-electron chi connectivity index (χ1n) is 5.14. The van der Waals surface area contributed by atoms with E-state index in [0.29, 0.717) is 12.1 Å². The van der Waals surface area contributed by atoms with Crippen LogP contribution in [0.1, 0.15) is 55.4 Å². The molecule has 0 amide bonds. The summed E-state index contributed by atoms with van der Waals surface area (Å²) in [7, 11) is 0. The summed E-state index contributed by atoms with van der Waals surface area (Å²) in [5.41, 5.74) is 6.19. The molecule has 0 fully saturated rings.